The number of nitrogens with one attached hydrogen (secondary N) is 1. The Bertz CT molecular complexity index is 1000. The summed E-state index contributed by atoms with van der Waals surface area (Å²) in [6, 6.07) is 11.4. The predicted octanol–water partition coefficient (Wildman–Crippen LogP) is 1.46. The van der Waals surface area contributed by atoms with E-state index in [9.17, 15) is 9.59 Å². The molecule has 8 nitrogen and oxygen atoms in total. The predicted molar refractivity (Wildman–Crippen MR) is 110 cm³/mol. The van der Waals surface area contributed by atoms with Crippen LogP contribution >= 0.6 is 0 Å². The Morgan fingerprint density at radius 3 is 2.52 bits per heavy atom. The number of benzene rings is 1. The minimum atomic E-state index is -0.355. The number of nitrogens with zero attached hydrogens (tertiary/aromatic N) is 4. The first-order valence-electron chi connectivity index (χ1n) is 9.47. The molecule has 0 atom stereocenters. The maximum atomic E-state index is 13.0. The Morgan fingerprint density at radius 2 is 1.86 bits per heavy atom. The molecule has 0 aliphatic rings. The van der Waals surface area contributed by atoms with E-state index in [1.54, 1.807) is 30.3 Å². The number of amides is 1. The first kappa shape index (κ1) is 20.3. The summed E-state index contributed by atoms with van der Waals surface area (Å²) in [5.41, 5.74) is 7.14. The van der Waals surface area contributed by atoms with Crippen molar-refractivity contribution in [2.24, 2.45) is 5.73 Å². The van der Waals surface area contributed by atoms with E-state index in [4.69, 9.17) is 5.73 Å². The van der Waals surface area contributed by atoms with Crippen molar-refractivity contribution in [3.63, 3.8) is 0 Å². The van der Waals surface area contributed by atoms with Gasteiger partial charge in [-0.3, -0.25) is 9.59 Å². The summed E-state index contributed by atoms with van der Waals surface area (Å²) in [5, 5.41) is 0. The highest BCUT2D eigenvalue weighted by molar-refractivity contribution is 5.79. The Morgan fingerprint density at radius 1 is 1.14 bits per heavy atom. The Balaban J connectivity index is 1.81. The molecule has 2 heterocycles. The number of rotatable bonds is 8. The van der Waals surface area contributed by atoms with Crippen LogP contribution in [0.15, 0.2) is 53.6 Å². The molecule has 3 rings (SSSR count). The van der Waals surface area contributed by atoms with E-state index in [1.807, 2.05) is 30.3 Å². The second-order valence-corrected chi connectivity index (χ2v) is 6.67. The second kappa shape index (κ2) is 9.70. The normalized spacial score (nSPS) is 10.7. The number of carbonyl (C=O) groups excluding carboxylic acids is 1. The number of aromatic amines is 1. The lowest BCUT2D eigenvalue weighted by molar-refractivity contribution is -0.131. The van der Waals surface area contributed by atoms with Gasteiger partial charge >= 0.3 is 0 Å². The Kier molecular flexibility index (Phi) is 6.80. The van der Waals surface area contributed by atoms with Gasteiger partial charge in [-0.05, 0) is 31.5 Å². The van der Waals surface area contributed by atoms with Crippen LogP contribution < -0.4 is 11.3 Å². The highest BCUT2D eigenvalue weighted by atomic mass is 16.2. The molecular formula is C21H24N6O2. The summed E-state index contributed by atoms with van der Waals surface area (Å²) in [6.45, 7) is 3.21. The minimum absolute atomic E-state index is 0.0263. The van der Waals surface area contributed by atoms with Crippen LogP contribution in [-0.2, 0) is 17.8 Å². The molecule has 3 aromatic rings. The van der Waals surface area contributed by atoms with Gasteiger partial charge in [-0.25, -0.2) is 15.0 Å². The smallest absolute Gasteiger partial charge is 0.255 e. The lowest BCUT2D eigenvalue weighted by Crippen LogP contribution is -2.35. The summed E-state index contributed by atoms with van der Waals surface area (Å²) in [5.74, 6) is 0.481. The van der Waals surface area contributed by atoms with E-state index in [0.29, 0.717) is 43.1 Å². The molecule has 8 heteroatoms. The molecular weight excluding hydrogens is 368 g/mol. The average molecular weight is 392 g/mol. The molecule has 3 N–H and O–H groups in total. The van der Waals surface area contributed by atoms with Crippen LogP contribution in [0.1, 0.15) is 23.2 Å². The second-order valence-electron chi connectivity index (χ2n) is 6.67. The summed E-state index contributed by atoms with van der Waals surface area (Å²) < 4.78 is 0. The van der Waals surface area contributed by atoms with Crippen LogP contribution in [0, 0.1) is 6.92 Å². The van der Waals surface area contributed by atoms with Crippen molar-refractivity contribution in [3.05, 3.63) is 76.0 Å². The average Bonchev–Trinajstić information content (AvgIpc) is 2.74. The number of carbonyl (C=O) groups is 1. The summed E-state index contributed by atoms with van der Waals surface area (Å²) in [6.07, 6.45) is 3.82. The van der Waals surface area contributed by atoms with E-state index in [2.05, 4.69) is 19.9 Å². The largest absolute Gasteiger partial charge is 0.338 e. The van der Waals surface area contributed by atoms with Crippen LogP contribution in [0.3, 0.4) is 0 Å². The van der Waals surface area contributed by atoms with Gasteiger partial charge in [0.05, 0.1) is 6.42 Å². The number of hydrogen-bond donors (Lipinski definition) is 2. The lowest BCUT2D eigenvalue weighted by atomic mass is 10.1. The van der Waals surface area contributed by atoms with Crippen LogP contribution in [0.2, 0.25) is 0 Å². The molecule has 0 aliphatic carbocycles. The third-order valence-corrected chi connectivity index (χ3v) is 4.53. The quantitative estimate of drug-likeness (QED) is 0.599. The van der Waals surface area contributed by atoms with Crippen molar-refractivity contribution in [1.29, 1.82) is 0 Å². The zero-order chi connectivity index (χ0) is 20.6. The van der Waals surface area contributed by atoms with Gasteiger partial charge in [0.1, 0.15) is 0 Å². The van der Waals surface area contributed by atoms with Crippen LogP contribution in [-0.4, -0.2) is 43.8 Å². The third-order valence-electron chi connectivity index (χ3n) is 4.53. The number of nitrogens with two attached hydrogens (primary N) is 1. The molecule has 0 bridgehead atoms. The fraction of sp³-hybridized carbons (Fsp3) is 0.286. The minimum Gasteiger partial charge on any atom is -0.338 e. The summed E-state index contributed by atoms with van der Waals surface area (Å²) in [4.78, 5) is 42.6. The van der Waals surface area contributed by atoms with Crippen molar-refractivity contribution in [2.45, 2.75) is 26.3 Å². The van der Waals surface area contributed by atoms with Crippen LogP contribution in [0.4, 0.5) is 0 Å². The van der Waals surface area contributed by atoms with Gasteiger partial charge in [0.25, 0.3) is 5.56 Å². The van der Waals surface area contributed by atoms with E-state index < -0.39 is 0 Å². The topological polar surface area (TPSA) is 118 Å². The molecule has 1 aromatic carbocycles. The fourth-order valence-corrected chi connectivity index (χ4v) is 2.99. The maximum Gasteiger partial charge on any atom is 0.255 e. The van der Waals surface area contributed by atoms with Gasteiger partial charge in [0, 0.05) is 36.7 Å². The zero-order valence-electron chi connectivity index (χ0n) is 16.3. The van der Waals surface area contributed by atoms with Gasteiger partial charge in [0.15, 0.2) is 11.6 Å². The first-order valence-corrected chi connectivity index (χ1v) is 9.47. The molecule has 0 saturated heterocycles. The molecule has 1 amide bonds. The SMILES string of the molecule is Cc1nc(-c2ncccn2)[nH]c(=O)c1CC(=O)N(CCCN)Cc1ccccc1. The van der Waals surface area contributed by atoms with Crippen molar-refractivity contribution in [1.82, 2.24) is 24.8 Å². The van der Waals surface area contributed by atoms with Crippen molar-refractivity contribution < 1.29 is 4.79 Å². The molecule has 29 heavy (non-hydrogen) atoms. The number of aryl methyl sites for hydroxylation is 1. The van der Waals surface area contributed by atoms with E-state index >= 15 is 0 Å². The molecule has 0 unspecified atom stereocenters. The molecule has 0 spiro atoms. The van der Waals surface area contributed by atoms with E-state index in [-0.39, 0.29) is 23.7 Å². The molecule has 150 valence electrons. The lowest BCUT2D eigenvalue weighted by Gasteiger charge is -2.23. The first-order chi connectivity index (χ1) is 14.1. The monoisotopic (exact) mass is 392 g/mol. The van der Waals surface area contributed by atoms with Gasteiger partial charge in [-0.2, -0.15) is 0 Å². The van der Waals surface area contributed by atoms with Gasteiger partial charge in [-0.1, -0.05) is 30.3 Å². The molecule has 0 aliphatic heterocycles. The number of aromatic nitrogens is 4. The van der Waals surface area contributed by atoms with Crippen LogP contribution in [0.5, 0.6) is 0 Å². The zero-order valence-corrected chi connectivity index (χ0v) is 16.3. The molecule has 0 saturated carbocycles. The Hall–Kier alpha value is -3.39. The molecule has 0 radical (unpaired) electrons. The Labute approximate surface area is 168 Å². The third kappa shape index (κ3) is 5.32. The van der Waals surface area contributed by atoms with Crippen molar-refractivity contribution >= 4 is 5.91 Å². The van der Waals surface area contributed by atoms with E-state index in [1.165, 1.54) is 0 Å². The van der Waals surface area contributed by atoms with Crippen LogP contribution in [0.25, 0.3) is 11.6 Å². The maximum absolute atomic E-state index is 13.0. The summed E-state index contributed by atoms with van der Waals surface area (Å²) >= 11 is 0. The highest BCUT2D eigenvalue weighted by Crippen LogP contribution is 2.11. The van der Waals surface area contributed by atoms with Crippen molar-refractivity contribution in [2.75, 3.05) is 13.1 Å². The number of H-pyrrole nitrogens is 1. The fourth-order valence-electron chi connectivity index (χ4n) is 2.99. The molecule has 0 fully saturated rings. The van der Waals surface area contributed by atoms with Gasteiger partial charge in [-0.15, -0.1) is 0 Å². The summed E-state index contributed by atoms with van der Waals surface area (Å²) in [7, 11) is 0. The number of hydrogen-bond acceptors (Lipinski definition) is 6. The van der Waals surface area contributed by atoms with Gasteiger partial charge in [0.2, 0.25) is 5.91 Å². The van der Waals surface area contributed by atoms with Crippen molar-refractivity contribution in [3.8, 4) is 11.6 Å². The van der Waals surface area contributed by atoms with E-state index in [0.717, 1.165) is 5.56 Å². The molecule has 2 aromatic heterocycles. The standard InChI is InChI=1S/C21H24N6O2/c1-15-17(21(29)26-20(25-15)19-23-10-6-11-24-19)13-18(28)27(12-5-9-22)14-16-7-3-2-4-8-16/h2-4,6-8,10-11H,5,9,12-14,22H2,1H3,(H,25,26,29). The van der Waals surface area contributed by atoms with Gasteiger partial charge < -0.3 is 15.6 Å². The highest BCUT2D eigenvalue weighted by Gasteiger charge is 2.19.